The van der Waals surface area contributed by atoms with Crippen molar-refractivity contribution in [3.63, 3.8) is 0 Å². The molecule has 2 aromatic heterocycles. The smallest absolute Gasteiger partial charge is 0.253 e. The van der Waals surface area contributed by atoms with Crippen molar-refractivity contribution < 1.29 is 14.7 Å². The number of benzene rings is 3. The van der Waals surface area contributed by atoms with Crippen LogP contribution in [-0.4, -0.2) is 56.5 Å². The van der Waals surface area contributed by atoms with Crippen LogP contribution in [0.25, 0.3) is 21.8 Å². The maximum absolute atomic E-state index is 13.3. The molecule has 5 aromatic rings. The SMILES string of the molecule is CN(Cc1cc2ccccc2n1C)C(=O)c1ccc(N)c(CN(C)C(=O)C(O)Cc2c[nH]c3ccccc23)c1. The van der Waals surface area contributed by atoms with Gasteiger partial charge in [0.05, 0.1) is 6.54 Å². The first-order valence-electron chi connectivity index (χ1n) is 12.9. The van der Waals surface area contributed by atoms with Gasteiger partial charge in [0.25, 0.3) is 11.8 Å². The number of aryl methyl sites for hydroxylation is 1. The van der Waals surface area contributed by atoms with E-state index in [1.165, 1.54) is 4.90 Å². The summed E-state index contributed by atoms with van der Waals surface area (Å²) in [5.41, 5.74) is 11.8. The van der Waals surface area contributed by atoms with Crippen molar-refractivity contribution >= 4 is 39.3 Å². The average Bonchev–Trinajstić information content (AvgIpc) is 3.49. The Morgan fingerprint density at radius 3 is 2.49 bits per heavy atom. The van der Waals surface area contributed by atoms with Crippen LogP contribution >= 0.6 is 0 Å². The van der Waals surface area contributed by atoms with Gasteiger partial charge >= 0.3 is 0 Å². The maximum atomic E-state index is 13.3. The van der Waals surface area contributed by atoms with Crippen LogP contribution in [0.15, 0.2) is 79.0 Å². The molecule has 1 atom stereocenters. The zero-order chi connectivity index (χ0) is 27.7. The summed E-state index contributed by atoms with van der Waals surface area (Å²) in [5, 5.41) is 12.8. The largest absolute Gasteiger partial charge is 0.398 e. The number of likely N-dealkylation sites (N-methyl/N-ethyl adjacent to an activating group) is 1. The minimum Gasteiger partial charge on any atom is -0.398 e. The van der Waals surface area contributed by atoms with Crippen molar-refractivity contribution in [2.45, 2.75) is 25.6 Å². The molecule has 0 aliphatic heterocycles. The molecule has 3 aromatic carbocycles. The van der Waals surface area contributed by atoms with Gasteiger partial charge < -0.3 is 30.2 Å². The molecular weight excluding hydrogens is 490 g/mol. The molecule has 8 nitrogen and oxygen atoms in total. The number of hydrogen-bond acceptors (Lipinski definition) is 4. The van der Waals surface area contributed by atoms with Gasteiger partial charge in [-0.2, -0.15) is 0 Å². The highest BCUT2D eigenvalue weighted by atomic mass is 16.3. The Morgan fingerprint density at radius 2 is 1.69 bits per heavy atom. The number of anilines is 1. The van der Waals surface area contributed by atoms with Crippen LogP contribution in [0, 0.1) is 0 Å². The number of carbonyl (C=O) groups is 2. The van der Waals surface area contributed by atoms with Gasteiger partial charge in [0.15, 0.2) is 0 Å². The predicted octanol–water partition coefficient (Wildman–Crippen LogP) is 4.08. The Balaban J connectivity index is 1.26. The minimum absolute atomic E-state index is 0.144. The molecule has 8 heteroatoms. The van der Waals surface area contributed by atoms with Crippen molar-refractivity contribution in [1.82, 2.24) is 19.4 Å². The molecule has 200 valence electrons. The van der Waals surface area contributed by atoms with Crippen LogP contribution in [0.4, 0.5) is 5.69 Å². The monoisotopic (exact) mass is 523 g/mol. The Labute approximate surface area is 227 Å². The third-order valence-electron chi connectivity index (χ3n) is 7.34. The number of aromatic nitrogens is 2. The van der Waals surface area contributed by atoms with Crippen molar-refractivity contribution in [2.24, 2.45) is 7.05 Å². The van der Waals surface area contributed by atoms with Crippen molar-refractivity contribution in [3.8, 4) is 0 Å². The molecule has 0 aliphatic carbocycles. The Kier molecular flexibility index (Phi) is 7.13. The maximum Gasteiger partial charge on any atom is 0.253 e. The second-order valence-electron chi connectivity index (χ2n) is 10.1. The minimum atomic E-state index is -1.20. The molecule has 0 bridgehead atoms. The summed E-state index contributed by atoms with van der Waals surface area (Å²) < 4.78 is 2.09. The lowest BCUT2D eigenvalue weighted by Crippen LogP contribution is -2.37. The summed E-state index contributed by atoms with van der Waals surface area (Å²) in [6, 6.07) is 23.1. The van der Waals surface area contributed by atoms with Crippen LogP contribution in [0.5, 0.6) is 0 Å². The van der Waals surface area contributed by atoms with E-state index in [2.05, 4.69) is 27.8 Å². The van der Waals surface area contributed by atoms with E-state index in [0.717, 1.165) is 33.1 Å². The highest BCUT2D eigenvalue weighted by Crippen LogP contribution is 2.23. The van der Waals surface area contributed by atoms with Crippen molar-refractivity contribution in [2.75, 3.05) is 19.8 Å². The van der Waals surface area contributed by atoms with Crippen molar-refractivity contribution in [3.05, 3.63) is 101 Å². The number of nitrogens with zero attached hydrogens (tertiary/aromatic N) is 3. The molecule has 0 radical (unpaired) electrons. The van der Waals surface area contributed by atoms with E-state index >= 15 is 0 Å². The number of H-pyrrole nitrogens is 1. The average molecular weight is 524 g/mol. The number of nitrogen functional groups attached to an aromatic ring is 1. The van der Waals surface area contributed by atoms with Crippen LogP contribution in [0.1, 0.15) is 27.2 Å². The lowest BCUT2D eigenvalue weighted by Gasteiger charge is -2.22. The summed E-state index contributed by atoms with van der Waals surface area (Å²) in [4.78, 5) is 32.6. The molecule has 0 saturated heterocycles. The van der Waals surface area contributed by atoms with Crippen LogP contribution in [-0.2, 0) is 31.4 Å². The first-order chi connectivity index (χ1) is 18.7. The molecule has 39 heavy (non-hydrogen) atoms. The third kappa shape index (κ3) is 5.24. The quantitative estimate of drug-likeness (QED) is 0.267. The number of aliphatic hydroxyl groups excluding tert-OH is 1. The number of nitrogens with two attached hydrogens (primary N) is 1. The third-order valence-corrected chi connectivity index (χ3v) is 7.34. The normalized spacial score (nSPS) is 12.1. The first-order valence-corrected chi connectivity index (χ1v) is 12.9. The van der Waals surface area contributed by atoms with Crippen LogP contribution in [0.2, 0.25) is 0 Å². The Hall–Kier alpha value is -4.56. The fourth-order valence-corrected chi connectivity index (χ4v) is 5.09. The van der Waals surface area contributed by atoms with Gasteiger partial charge in [-0.15, -0.1) is 0 Å². The summed E-state index contributed by atoms with van der Waals surface area (Å²) >= 11 is 0. The van der Waals surface area contributed by atoms with Crippen LogP contribution < -0.4 is 5.73 Å². The van der Waals surface area contributed by atoms with E-state index in [0.29, 0.717) is 23.4 Å². The second-order valence-corrected chi connectivity index (χ2v) is 10.1. The second kappa shape index (κ2) is 10.7. The molecule has 1 unspecified atom stereocenters. The number of hydrogen-bond donors (Lipinski definition) is 3. The van der Waals surface area contributed by atoms with Gasteiger partial charge in [-0.1, -0.05) is 36.4 Å². The molecule has 0 aliphatic rings. The molecule has 0 saturated carbocycles. The summed E-state index contributed by atoms with van der Waals surface area (Å²) in [6.45, 7) is 0.617. The van der Waals surface area contributed by atoms with E-state index in [-0.39, 0.29) is 18.9 Å². The highest BCUT2D eigenvalue weighted by molar-refractivity contribution is 5.95. The molecular formula is C31H33N5O3. The molecule has 5 rings (SSSR count). The zero-order valence-corrected chi connectivity index (χ0v) is 22.4. The Morgan fingerprint density at radius 1 is 0.949 bits per heavy atom. The van der Waals surface area contributed by atoms with Gasteiger partial charge in [-0.25, -0.2) is 0 Å². The fourth-order valence-electron chi connectivity index (χ4n) is 5.09. The van der Waals surface area contributed by atoms with Gasteiger partial charge in [0.1, 0.15) is 6.10 Å². The number of aliphatic hydroxyl groups is 1. The van der Waals surface area contributed by atoms with Gasteiger partial charge in [-0.05, 0) is 52.9 Å². The molecule has 2 amide bonds. The van der Waals surface area contributed by atoms with E-state index in [9.17, 15) is 14.7 Å². The predicted molar refractivity (Wildman–Crippen MR) is 154 cm³/mol. The number of nitrogens with one attached hydrogen (secondary N) is 1. The van der Waals surface area contributed by atoms with Crippen molar-refractivity contribution in [1.29, 1.82) is 0 Å². The van der Waals surface area contributed by atoms with Gasteiger partial charge in [0.2, 0.25) is 0 Å². The number of para-hydroxylation sites is 2. The van der Waals surface area contributed by atoms with E-state index in [1.54, 1.807) is 37.2 Å². The molecule has 0 fully saturated rings. The van der Waals surface area contributed by atoms with Gasteiger partial charge in [0, 0.05) is 73.7 Å². The number of rotatable bonds is 8. The number of aromatic amines is 1. The number of fused-ring (bicyclic) bond motifs is 2. The molecule has 4 N–H and O–H groups in total. The summed E-state index contributed by atoms with van der Waals surface area (Å²) in [5.74, 6) is -0.556. The standard InChI is InChI=1S/C31H33N5O3/c1-34(31(39)29(37)16-22-17-33-27-10-6-5-9-25(22)27)18-23-14-21(12-13-26(23)32)30(38)35(2)19-24-15-20-8-4-7-11-28(20)36(24)3/h4-15,17,29,33,37H,16,18-19,32H2,1-3H3. The zero-order valence-electron chi connectivity index (χ0n) is 22.4. The summed E-state index contributed by atoms with van der Waals surface area (Å²) in [7, 11) is 5.39. The van der Waals surface area contributed by atoms with E-state index in [4.69, 9.17) is 5.73 Å². The fraction of sp³-hybridized carbons (Fsp3) is 0.226. The van der Waals surface area contributed by atoms with Gasteiger partial charge in [-0.3, -0.25) is 9.59 Å². The lowest BCUT2D eigenvalue weighted by molar-refractivity contribution is -0.139. The Bertz CT molecular complexity index is 1670. The number of carbonyl (C=O) groups excluding carboxylic acids is 2. The van der Waals surface area contributed by atoms with Crippen LogP contribution in [0.3, 0.4) is 0 Å². The molecule has 0 spiro atoms. The number of amides is 2. The summed E-state index contributed by atoms with van der Waals surface area (Å²) in [6.07, 6.45) is 0.815. The van der Waals surface area contributed by atoms with E-state index in [1.807, 2.05) is 49.6 Å². The van der Waals surface area contributed by atoms with E-state index < -0.39 is 12.0 Å². The highest BCUT2D eigenvalue weighted by Gasteiger charge is 2.23. The topological polar surface area (TPSA) is 108 Å². The lowest BCUT2D eigenvalue weighted by atomic mass is 10.0. The first kappa shape index (κ1) is 26.1. The molecule has 2 heterocycles.